The molecule has 0 atom stereocenters. The Hall–Kier alpha value is -1.98. The van der Waals surface area contributed by atoms with Gasteiger partial charge in [0.05, 0.1) is 0 Å². The number of aliphatic hydroxyl groups excluding tert-OH is 1. The summed E-state index contributed by atoms with van der Waals surface area (Å²) in [7, 11) is 0. The molecule has 5 heteroatoms. The molecule has 3 N–H and O–H groups in total. The average Bonchev–Trinajstić information content (AvgIpc) is 2.19. The minimum atomic E-state index is -0.398. The summed E-state index contributed by atoms with van der Waals surface area (Å²) < 4.78 is 0.756. The number of rotatable bonds is 1. The molecule has 0 spiro atoms. The number of benzene rings is 1. The third-order valence-electron chi connectivity index (χ3n) is 1.73. The number of nitrogen functional groups attached to an aromatic ring is 1. The Bertz CT molecular complexity index is 492. The topological polar surface area (TPSA) is 93.8 Å². The molecule has 0 amide bonds. The predicted molar refractivity (Wildman–Crippen MR) is 59.3 cm³/mol. The van der Waals surface area contributed by atoms with Gasteiger partial charge in [-0.1, -0.05) is 15.9 Å². The van der Waals surface area contributed by atoms with E-state index in [0.717, 1.165) is 4.47 Å². The molecule has 1 aromatic carbocycles. The van der Waals surface area contributed by atoms with Gasteiger partial charge in [-0.2, -0.15) is 10.5 Å². The largest absolute Gasteiger partial charge is 0.505 e. The lowest BCUT2D eigenvalue weighted by Gasteiger charge is -2.04. The molecule has 0 unspecified atom stereocenters. The SMILES string of the molecule is N#CC(C#N)=C(O)c1ccc(Br)cc1N. The second-order valence-electron chi connectivity index (χ2n) is 2.68. The lowest BCUT2D eigenvalue weighted by Crippen LogP contribution is -1.95. The fourth-order valence-corrected chi connectivity index (χ4v) is 1.39. The van der Waals surface area contributed by atoms with Crippen LogP contribution in [0.2, 0.25) is 0 Å². The van der Waals surface area contributed by atoms with Gasteiger partial charge in [-0.15, -0.1) is 0 Å². The van der Waals surface area contributed by atoms with E-state index in [4.69, 9.17) is 16.3 Å². The van der Waals surface area contributed by atoms with Crippen molar-refractivity contribution in [1.82, 2.24) is 0 Å². The third-order valence-corrected chi connectivity index (χ3v) is 2.22. The summed E-state index contributed by atoms with van der Waals surface area (Å²) in [5.74, 6) is -0.398. The van der Waals surface area contributed by atoms with Gasteiger partial charge in [-0.05, 0) is 18.2 Å². The van der Waals surface area contributed by atoms with Crippen LogP contribution in [-0.2, 0) is 0 Å². The van der Waals surface area contributed by atoms with Gasteiger partial charge < -0.3 is 10.8 Å². The Balaban J connectivity index is 3.37. The van der Waals surface area contributed by atoms with Crippen LogP contribution in [0.4, 0.5) is 5.69 Å². The van der Waals surface area contributed by atoms with Crippen LogP contribution < -0.4 is 5.73 Å². The van der Waals surface area contributed by atoms with Crippen LogP contribution in [-0.4, -0.2) is 5.11 Å². The maximum atomic E-state index is 9.59. The van der Waals surface area contributed by atoms with E-state index >= 15 is 0 Å². The summed E-state index contributed by atoms with van der Waals surface area (Å²) in [5, 5.41) is 26.7. The summed E-state index contributed by atoms with van der Waals surface area (Å²) >= 11 is 3.21. The van der Waals surface area contributed by atoms with Crippen LogP contribution in [0.1, 0.15) is 5.56 Å². The van der Waals surface area contributed by atoms with Crippen molar-refractivity contribution in [2.45, 2.75) is 0 Å². The number of aliphatic hydroxyl groups is 1. The summed E-state index contributed by atoms with van der Waals surface area (Å²) in [5.41, 5.74) is 5.84. The Morgan fingerprint density at radius 2 is 1.93 bits per heavy atom. The Labute approximate surface area is 95.0 Å². The molecule has 0 aliphatic rings. The van der Waals surface area contributed by atoms with Gasteiger partial charge >= 0.3 is 0 Å². The van der Waals surface area contributed by atoms with Crippen molar-refractivity contribution in [3.8, 4) is 12.1 Å². The Morgan fingerprint density at radius 1 is 1.33 bits per heavy atom. The lowest BCUT2D eigenvalue weighted by molar-refractivity contribution is 0.510. The highest BCUT2D eigenvalue weighted by Gasteiger charge is 2.10. The van der Waals surface area contributed by atoms with Gasteiger partial charge in [0.2, 0.25) is 0 Å². The van der Waals surface area contributed by atoms with E-state index in [1.54, 1.807) is 24.3 Å². The zero-order valence-electron chi connectivity index (χ0n) is 7.53. The number of allylic oxidation sites excluding steroid dienone is 1. The zero-order valence-corrected chi connectivity index (χ0v) is 9.12. The maximum Gasteiger partial charge on any atom is 0.171 e. The van der Waals surface area contributed by atoms with Crippen molar-refractivity contribution in [1.29, 1.82) is 10.5 Å². The number of halogens is 1. The smallest absolute Gasteiger partial charge is 0.171 e. The fourth-order valence-electron chi connectivity index (χ4n) is 1.01. The Morgan fingerprint density at radius 3 is 2.40 bits per heavy atom. The quantitative estimate of drug-likeness (QED) is 0.462. The number of nitriles is 2. The van der Waals surface area contributed by atoms with E-state index in [1.807, 2.05) is 0 Å². The molecule has 1 aromatic rings. The van der Waals surface area contributed by atoms with Crippen molar-refractivity contribution in [3.05, 3.63) is 33.8 Å². The van der Waals surface area contributed by atoms with Crippen molar-refractivity contribution in [2.24, 2.45) is 0 Å². The summed E-state index contributed by atoms with van der Waals surface area (Å²) in [6.45, 7) is 0. The van der Waals surface area contributed by atoms with E-state index in [9.17, 15) is 5.11 Å². The summed E-state index contributed by atoms with van der Waals surface area (Å²) in [6.07, 6.45) is 0. The number of nitrogens with two attached hydrogens (primary N) is 1. The van der Waals surface area contributed by atoms with Gasteiger partial charge in [0.25, 0.3) is 0 Å². The maximum absolute atomic E-state index is 9.59. The molecule has 0 radical (unpaired) electrons. The van der Waals surface area contributed by atoms with Gasteiger partial charge in [-0.25, -0.2) is 0 Å². The van der Waals surface area contributed by atoms with Crippen LogP contribution >= 0.6 is 15.9 Å². The van der Waals surface area contributed by atoms with E-state index < -0.39 is 5.76 Å². The highest BCUT2D eigenvalue weighted by Crippen LogP contribution is 2.25. The number of anilines is 1. The number of hydrogen-bond acceptors (Lipinski definition) is 4. The molecule has 0 saturated carbocycles. The van der Waals surface area contributed by atoms with Crippen LogP contribution in [0.3, 0.4) is 0 Å². The Kier molecular flexibility index (Phi) is 3.33. The lowest BCUT2D eigenvalue weighted by atomic mass is 10.1. The van der Waals surface area contributed by atoms with Crippen molar-refractivity contribution in [2.75, 3.05) is 5.73 Å². The first-order valence-electron chi connectivity index (χ1n) is 3.89. The van der Waals surface area contributed by atoms with E-state index in [-0.39, 0.29) is 11.1 Å². The van der Waals surface area contributed by atoms with Crippen LogP contribution in [0.15, 0.2) is 28.2 Å². The van der Waals surface area contributed by atoms with Crippen molar-refractivity contribution < 1.29 is 5.11 Å². The molecule has 15 heavy (non-hydrogen) atoms. The number of hydrogen-bond donors (Lipinski definition) is 2. The molecule has 0 saturated heterocycles. The molecule has 0 aliphatic carbocycles. The fraction of sp³-hybridized carbons (Fsp3) is 0. The highest BCUT2D eigenvalue weighted by atomic mass is 79.9. The highest BCUT2D eigenvalue weighted by molar-refractivity contribution is 9.10. The van der Waals surface area contributed by atoms with Gasteiger partial charge in [-0.3, -0.25) is 0 Å². The van der Waals surface area contributed by atoms with E-state index in [2.05, 4.69) is 15.9 Å². The van der Waals surface area contributed by atoms with E-state index in [0.29, 0.717) is 5.69 Å². The van der Waals surface area contributed by atoms with Gasteiger partial charge in [0.15, 0.2) is 11.3 Å². The molecule has 0 heterocycles. The van der Waals surface area contributed by atoms with Crippen LogP contribution in [0.5, 0.6) is 0 Å². The van der Waals surface area contributed by atoms with Crippen molar-refractivity contribution >= 4 is 27.4 Å². The van der Waals surface area contributed by atoms with E-state index in [1.165, 1.54) is 6.07 Å². The standard InChI is InChI=1S/C10H6BrN3O/c11-7-1-2-8(9(14)3-7)10(15)6(4-12)5-13/h1-3,15H,14H2. The third kappa shape index (κ3) is 2.28. The molecule has 0 fully saturated rings. The van der Waals surface area contributed by atoms with Gasteiger partial charge in [0, 0.05) is 15.7 Å². The minimum Gasteiger partial charge on any atom is -0.505 e. The van der Waals surface area contributed by atoms with Crippen LogP contribution in [0.25, 0.3) is 5.76 Å². The molecule has 74 valence electrons. The molecule has 0 aromatic heterocycles. The average molecular weight is 264 g/mol. The second-order valence-corrected chi connectivity index (χ2v) is 3.59. The normalized spacial score (nSPS) is 8.73. The van der Waals surface area contributed by atoms with Crippen molar-refractivity contribution in [3.63, 3.8) is 0 Å². The first-order valence-corrected chi connectivity index (χ1v) is 4.68. The molecule has 1 rings (SSSR count). The summed E-state index contributed by atoms with van der Waals surface area (Å²) in [4.78, 5) is 0. The molecular weight excluding hydrogens is 258 g/mol. The first kappa shape index (κ1) is 11.1. The number of nitrogens with zero attached hydrogens (tertiary/aromatic N) is 2. The monoisotopic (exact) mass is 263 g/mol. The molecule has 4 nitrogen and oxygen atoms in total. The zero-order chi connectivity index (χ0) is 11.4. The molecule has 0 aliphatic heterocycles. The van der Waals surface area contributed by atoms with Gasteiger partial charge in [0.1, 0.15) is 12.1 Å². The minimum absolute atomic E-state index is 0.274. The predicted octanol–water partition coefficient (Wildman–Crippen LogP) is 2.35. The molecule has 0 bridgehead atoms. The first-order chi connectivity index (χ1) is 7.10. The van der Waals surface area contributed by atoms with Crippen LogP contribution in [0, 0.1) is 22.7 Å². The second kappa shape index (κ2) is 4.50. The summed E-state index contributed by atoms with van der Waals surface area (Å²) in [6, 6.07) is 7.96. The molecular formula is C10H6BrN3O.